The zero-order valence-electron chi connectivity index (χ0n) is 10.6. The van der Waals surface area contributed by atoms with Gasteiger partial charge in [-0.05, 0) is 30.7 Å². The lowest BCUT2D eigenvalue weighted by molar-refractivity contribution is 0.387. The fraction of sp³-hybridized carbons (Fsp3) is 0.143. The molecule has 0 radical (unpaired) electrons. The molecule has 0 saturated carbocycles. The van der Waals surface area contributed by atoms with E-state index in [9.17, 15) is 8.78 Å². The molecule has 2 aromatic rings. The average molecular weight is 264 g/mol. The monoisotopic (exact) mass is 264 g/mol. The Morgan fingerprint density at radius 3 is 2.47 bits per heavy atom. The van der Waals surface area contributed by atoms with E-state index in [0.717, 1.165) is 0 Å². The molecule has 0 amide bonds. The van der Waals surface area contributed by atoms with E-state index in [-0.39, 0.29) is 17.3 Å². The highest BCUT2D eigenvalue weighted by atomic mass is 19.1. The summed E-state index contributed by atoms with van der Waals surface area (Å²) in [5.41, 5.74) is 7.66. The van der Waals surface area contributed by atoms with Gasteiger partial charge in [-0.1, -0.05) is 0 Å². The summed E-state index contributed by atoms with van der Waals surface area (Å²) in [5.74, 6) is -0.716. The van der Waals surface area contributed by atoms with E-state index < -0.39 is 5.82 Å². The minimum absolute atomic E-state index is 0.0931. The molecule has 3 nitrogen and oxygen atoms in total. The Morgan fingerprint density at radius 1 is 1.11 bits per heavy atom. The quantitative estimate of drug-likeness (QED) is 0.832. The first-order chi connectivity index (χ1) is 9.01. The number of nitrogens with one attached hydrogen (secondary N) is 1. The van der Waals surface area contributed by atoms with Crippen LogP contribution in [-0.2, 0) is 0 Å². The fourth-order valence-corrected chi connectivity index (χ4v) is 1.71. The smallest absolute Gasteiger partial charge is 0.167 e. The first kappa shape index (κ1) is 13.1. The molecule has 19 heavy (non-hydrogen) atoms. The maximum Gasteiger partial charge on any atom is 0.167 e. The van der Waals surface area contributed by atoms with Crippen LogP contribution in [0.15, 0.2) is 30.3 Å². The predicted octanol–water partition coefficient (Wildman–Crippen LogP) is 3.61. The lowest BCUT2D eigenvalue weighted by Gasteiger charge is -2.12. The first-order valence-electron chi connectivity index (χ1n) is 5.67. The molecule has 0 aromatic heterocycles. The number of halogens is 2. The van der Waals surface area contributed by atoms with Gasteiger partial charge in [-0.25, -0.2) is 8.78 Å². The van der Waals surface area contributed by atoms with Gasteiger partial charge in [0.1, 0.15) is 5.82 Å². The van der Waals surface area contributed by atoms with Crippen molar-refractivity contribution in [2.75, 3.05) is 18.2 Å². The molecule has 0 atom stereocenters. The highest BCUT2D eigenvalue weighted by Gasteiger charge is 2.09. The molecule has 0 bridgehead atoms. The van der Waals surface area contributed by atoms with Gasteiger partial charge in [-0.3, -0.25) is 0 Å². The SMILES string of the molecule is COc1cc(Nc2ccc(F)c(C)c2)c(N)cc1F. The van der Waals surface area contributed by atoms with E-state index in [2.05, 4.69) is 5.32 Å². The van der Waals surface area contributed by atoms with Gasteiger partial charge in [-0.2, -0.15) is 0 Å². The second-order valence-corrected chi connectivity index (χ2v) is 4.16. The molecule has 0 aliphatic rings. The summed E-state index contributed by atoms with van der Waals surface area (Å²) in [5, 5.41) is 3.00. The standard InChI is InChI=1S/C14H14F2N2O/c1-8-5-9(3-4-10(8)15)18-13-7-14(19-2)11(16)6-12(13)17/h3-7,18H,17H2,1-2H3. The number of methoxy groups -OCH3 is 1. The first-order valence-corrected chi connectivity index (χ1v) is 5.67. The van der Waals surface area contributed by atoms with Crippen LogP contribution in [0.4, 0.5) is 25.8 Å². The van der Waals surface area contributed by atoms with Crippen molar-refractivity contribution in [3.05, 3.63) is 47.5 Å². The molecule has 0 aliphatic carbocycles. The fourth-order valence-electron chi connectivity index (χ4n) is 1.71. The van der Waals surface area contributed by atoms with E-state index in [1.54, 1.807) is 19.1 Å². The topological polar surface area (TPSA) is 47.3 Å². The number of benzene rings is 2. The Hall–Kier alpha value is -2.30. The Balaban J connectivity index is 2.34. The van der Waals surface area contributed by atoms with Gasteiger partial charge in [-0.15, -0.1) is 0 Å². The van der Waals surface area contributed by atoms with Gasteiger partial charge >= 0.3 is 0 Å². The number of aryl methyl sites for hydroxylation is 1. The number of hydrogen-bond donors (Lipinski definition) is 2. The molecule has 0 spiro atoms. The van der Waals surface area contributed by atoms with Crippen molar-refractivity contribution < 1.29 is 13.5 Å². The summed E-state index contributed by atoms with van der Waals surface area (Å²) in [4.78, 5) is 0. The van der Waals surface area contributed by atoms with Crippen molar-refractivity contribution in [3.8, 4) is 5.75 Å². The van der Waals surface area contributed by atoms with Crippen LogP contribution in [0.2, 0.25) is 0 Å². The molecule has 3 N–H and O–H groups in total. The van der Waals surface area contributed by atoms with Crippen molar-refractivity contribution >= 4 is 17.1 Å². The largest absolute Gasteiger partial charge is 0.494 e. The van der Waals surface area contributed by atoms with Crippen LogP contribution in [0, 0.1) is 18.6 Å². The Morgan fingerprint density at radius 2 is 1.84 bits per heavy atom. The molecule has 0 aliphatic heterocycles. The summed E-state index contributed by atoms with van der Waals surface area (Å²) in [7, 11) is 1.38. The Labute approximate surface area is 110 Å². The van der Waals surface area contributed by atoms with Gasteiger partial charge in [0, 0.05) is 17.8 Å². The molecule has 0 heterocycles. The van der Waals surface area contributed by atoms with E-state index in [4.69, 9.17) is 10.5 Å². The van der Waals surface area contributed by atoms with Crippen LogP contribution in [0.3, 0.4) is 0 Å². The third-order valence-electron chi connectivity index (χ3n) is 2.76. The van der Waals surface area contributed by atoms with E-state index in [1.807, 2.05) is 0 Å². The average Bonchev–Trinajstić information content (AvgIpc) is 2.37. The van der Waals surface area contributed by atoms with Crippen molar-refractivity contribution in [3.63, 3.8) is 0 Å². The number of hydrogen-bond acceptors (Lipinski definition) is 3. The highest BCUT2D eigenvalue weighted by molar-refractivity contribution is 5.74. The number of anilines is 3. The molecule has 100 valence electrons. The molecular formula is C14H14F2N2O. The second-order valence-electron chi connectivity index (χ2n) is 4.16. The van der Waals surface area contributed by atoms with Crippen molar-refractivity contribution in [1.82, 2.24) is 0 Å². The Kier molecular flexibility index (Phi) is 3.55. The normalized spacial score (nSPS) is 10.3. The number of ether oxygens (including phenoxy) is 1. The number of nitrogen functional groups attached to an aromatic ring is 1. The van der Waals surface area contributed by atoms with Crippen LogP contribution < -0.4 is 15.8 Å². The molecule has 2 aromatic carbocycles. The van der Waals surface area contributed by atoms with Crippen molar-refractivity contribution in [2.45, 2.75) is 6.92 Å². The molecular weight excluding hydrogens is 250 g/mol. The van der Waals surface area contributed by atoms with Gasteiger partial charge in [0.25, 0.3) is 0 Å². The highest BCUT2D eigenvalue weighted by Crippen LogP contribution is 2.30. The summed E-state index contributed by atoms with van der Waals surface area (Å²) in [6.07, 6.45) is 0. The van der Waals surface area contributed by atoms with Crippen LogP contribution in [0.1, 0.15) is 5.56 Å². The van der Waals surface area contributed by atoms with Crippen LogP contribution in [-0.4, -0.2) is 7.11 Å². The van der Waals surface area contributed by atoms with Crippen molar-refractivity contribution in [2.24, 2.45) is 0 Å². The van der Waals surface area contributed by atoms with E-state index in [0.29, 0.717) is 16.9 Å². The minimum atomic E-state index is -0.527. The summed E-state index contributed by atoms with van der Waals surface area (Å²) >= 11 is 0. The molecule has 5 heteroatoms. The van der Waals surface area contributed by atoms with Gasteiger partial charge < -0.3 is 15.8 Å². The lowest BCUT2D eigenvalue weighted by Crippen LogP contribution is -1.99. The summed E-state index contributed by atoms with van der Waals surface area (Å²) in [6, 6.07) is 7.22. The predicted molar refractivity (Wildman–Crippen MR) is 71.8 cm³/mol. The minimum Gasteiger partial charge on any atom is -0.494 e. The van der Waals surface area contributed by atoms with Gasteiger partial charge in [0.05, 0.1) is 18.5 Å². The number of rotatable bonds is 3. The van der Waals surface area contributed by atoms with Crippen molar-refractivity contribution in [1.29, 1.82) is 0 Å². The molecule has 0 fully saturated rings. The third-order valence-corrected chi connectivity index (χ3v) is 2.76. The zero-order chi connectivity index (χ0) is 14.0. The maximum absolute atomic E-state index is 13.4. The molecule has 2 rings (SSSR count). The Bertz CT molecular complexity index is 615. The van der Waals surface area contributed by atoms with E-state index >= 15 is 0 Å². The summed E-state index contributed by atoms with van der Waals surface area (Å²) in [6.45, 7) is 1.66. The van der Waals surface area contributed by atoms with E-state index in [1.165, 1.54) is 25.3 Å². The lowest BCUT2D eigenvalue weighted by atomic mass is 10.2. The van der Waals surface area contributed by atoms with Gasteiger partial charge in [0.2, 0.25) is 0 Å². The number of nitrogens with two attached hydrogens (primary N) is 1. The zero-order valence-corrected chi connectivity index (χ0v) is 10.6. The molecule has 0 saturated heterocycles. The van der Waals surface area contributed by atoms with Crippen LogP contribution in [0.5, 0.6) is 5.75 Å². The van der Waals surface area contributed by atoms with Crippen LogP contribution >= 0.6 is 0 Å². The van der Waals surface area contributed by atoms with Gasteiger partial charge in [0.15, 0.2) is 11.6 Å². The maximum atomic E-state index is 13.4. The summed E-state index contributed by atoms with van der Waals surface area (Å²) < 4.78 is 31.5. The third kappa shape index (κ3) is 2.76. The van der Waals surface area contributed by atoms with Crippen LogP contribution in [0.25, 0.3) is 0 Å². The second kappa shape index (κ2) is 5.14. The molecule has 0 unspecified atom stereocenters.